The number of aliphatic hydroxyl groups is 1. The standard InChI is InChI=1S/C27H38N2O4.C16H21NO2/c1-20(2)27(19-28,22-10-12-24(31-5)26(18-22)33-7)14-8-15-29(3)16-13-21-9-11-23(30-4)25(17-21)32-6;1-12(2)17-10-14(18)11-19-16-9-5-7-13-6-3-4-8-15(13)16/h9-12,17-18,20H,8,13-16H2,1-7H3;3-9,12,14,17-18H,10-11H2,1-2H3. The Kier molecular flexibility index (Phi) is 17.0. The number of nitrogens with zero attached hydrogens (tertiary/aromatic N) is 2. The van der Waals surface area contributed by atoms with Gasteiger partial charge in [-0.2, -0.15) is 5.26 Å². The first kappa shape index (κ1) is 41.9. The molecule has 0 spiro atoms. The van der Waals surface area contributed by atoms with Gasteiger partial charge in [0.05, 0.1) is 39.9 Å². The highest BCUT2D eigenvalue weighted by Gasteiger charge is 2.36. The largest absolute Gasteiger partial charge is 0.493 e. The summed E-state index contributed by atoms with van der Waals surface area (Å²) in [5.74, 6) is 3.81. The van der Waals surface area contributed by atoms with Crippen LogP contribution in [-0.4, -0.2) is 83.9 Å². The number of rotatable bonds is 19. The van der Waals surface area contributed by atoms with Crippen LogP contribution in [0.25, 0.3) is 10.8 Å². The highest BCUT2D eigenvalue weighted by atomic mass is 16.5. The van der Waals surface area contributed by atoms with Gasteiger partial charge in [-0.25, -0.2) is 0 Å². The van der Waals surface area contributed by atoms with Crippen LogP contribution in [0, 0.1) is 17.2 Å². The van der Waals surface area contributed by atoms with Crippen molar-refractivity contribution in [1.82, 2.24) is 10.2 Å². The summed E-state index contributed by atoms with van der Waals surface area (Å²) in [5, 5.41) is 25.5. The number of nitrogens with one attached hydrogen (secondary N) is 1. The maximum Gasteiger partial charge on any atom is 0.161 e. The van der Waals surface area contributed by atoms with Gasteiger partial charge in [-0.1, -0.05) is 76.2 Å². The molecule has 0 aromatic heterocycles. The molecule has 0 aliphatic rings. The minimum Gasteiger partial charge on any atom is -0.493 e. The fourth-order valence-corrected chi connectivity index (χ4v) is 6.16. The van der Waals surface area contributed by atoms with Crippen molar-refractivity contribution in [3.63, 3.8) is 0 Å². The van der Waals surface area contributed by atoms with E-state index in [2.05, 4.69) is 69.2 Å². The van der Waals surface area contributed by atoms with Crippen molar-refractivity contribution >= 4 is 10.8 Å². The fourth-order valence-electron chi connectivity index (χ4n) is 6.16. The van der Waals surface area contributed by atoms with Crippen LogP contribution in [0.3, 0.4) is 0 Å². The number of hydrogen-bond donors (Lipinski definition) is 2. The van der Waals surface area contributed by atoms with Crippen LogP contribution in [0.2, 0.25) is 0 Å². The van der Waals surface area contributed by atoms with Gasteiger partial charge in [0.15, 0.2) is 23.0 Å². The van der Waals surface area contributed by atoms with Crippen molar-refractivity contribution in [2.75, 3.05) is 61.7 Å². The normalized spacial score (nSPS) is 12.8. The zero-order valence-electron chi connectivity index (χ0n) is 32.6. The summed E-state index contributed by atoms with van der Waals surface area (Å²) in [6, 6.07) is 28.9. The molecule has 0 aliphatic heterocycles. The Morgan fingerprint density at radius 1 is 0.769 bits per heavy atom. The minimum atomic E-state index is -0.580. The second-order valence-corrected chi connectivity index (χ2v) is 13.7. The van der Waals surface area contributed by atoms with E-state index in [9.17, 15) is 10.4 Å². The van der Waals surface area contributed by atoms with Crippen molar-refractivity contribution in [3.8, 4) is 34.8 Å². The van der Waals surface area contributed by atoms with E-state index >= 15 is 0 Å². The van der Waals surface area contributed by atoms with Gasteiger partial charge < -0.3 is 39.0 Å². The van der Waals surface area contributed by atoms with Crippen LogP contribution < -0.4 is 29.0 Å². The number of likely N-dealkylation sites (N-methyl/N-ethyl adjacent to an activating group) is 1. The second kappa shape index (κ2) is 21.1. The smallest absolute Gasteiger partial charge is 0.161 e. The van der Waals surface area contributed by atoms with E-state index in [-0.39, 0.29) is 5.92 Å². The van der Waals surface area contributed by atoms with Crippen molar-refractivity contribution in [1.29, 1.82) is 5.26 Å². The molecule has 2 N–H and O–H groups in total. The molecule has 282 valence electrons. The lowest BCUT2D eigenvalue weighted by Gasteiger charge is -2.32. The summed E-state index contributed by atoms with van der Waals surface area (Å²) in [6.45, 7) is 11.0. The summed E-state index contributed by atoms with van der Waals surface area (Å²) < 4.78 is 27.3. The molecular formula is C43H59N3O6. The predicted molar refractivity (Wildman–Crippen MR) is 210 cm³/mol. The molecule has 0 radical (unpaired) electrons. The number of nitriles is 1. The number of aliphatic hydroxyl groups excluding tert-OH is 1. The summed E-state index contributed by atoms with van der Waals surface area (Å²) in [5.41, 5.74) is 1.60. The highest BCUT2D eigenvalue weighted by Crippen LogP contribution is 2.40. The van der Waals surface area contributed by atoms with Gasteiger partial charge >= 0.3 is 0 Å². The molecule has 9 heteroatoms. The SMILES string of the molecule is CC(C)NCC(O)COc1cccc2ccccc12.COc1ccc(CCN(C)CCCC(C#N)(c2ccc(OC)c(OC)c2)C(C)C)cc1OC. The van der Waals surface area contributed by atoms with E-state index in [0.717, 1.165) is 65.9 Å². The molecule has 4 aromatic rings. The quantitative estimate of drug-likeness (QED) is 0.101. The molecule has 0 amide bonds. The third-order valence-electron chi connectivity index (χ3n) is 9.37. The maximum atomic E-state index is 10.2. The first-order chi connectivity index (χ1) is 25.0. The Bertz CT molecular complexity index is 1700. The van der Waals surface area contributed by atoms with Gasteiger partial charge in [-0.15, -0.1) is 0 Å². The Morgan fingerprint density at radius 2 is 1.40 bits per heavy atom. The molecule has 52 heavy (non-hydrogen) atoms. The van der Waals surface area contributed by atoms with E-state index in [1.165, 1.54) is 5.56 Å². The zero-order valence-corrected chi connectivity index (χ0v) is 32.6. The predicted octanol–water partition coefficient (Wildman–Crippen LogP) is 7.67. The molecule has 2 unspecified atom stereocenters. The molecule has 0 fully saturated rings. The monoisotopic (exact) mass is 713 g/mol. The second-order valence-electron chi connectivity index (χ2n) is 13.7. The zero-order chi connectivity index (χ0) is 38.1. The number of benzene rings is 4. The van der Waals surface area contributed by atoms with Gasteiger partial charge in [0.25, 0.3) is 0 Å². The molecule has 0 bridgehead atoms. The number of hydrogen-bond acceptors (Lipinski definition) is 9. The van der Waals surface area contributed by atoms with E-state index < -0.39 is 11.5 Å². The lowest BCUT2D eigenvalue weighted by atomic mass is 9.69. The minimum absolute atomic E-state index is 0.165. The molecule has 9 nitrogen and oxygen atoms in total. The molecule has 4 rings (SSSR count). The van der Waals surface area contributed by atoms with E-state index in [0.29, 0.717) is 30.7 Å². The Labute approximate surface area is 311 Å². The summed E-state index contributed by atoms with van der Waals surface area (Å²) >= 11 is 0. The lowest BCUT2D eigenvalue weighted by molar-refractivity contribution is 0.105. The van der Waals surface area contributed by atoms with Gasteiger partial charge in [0, 0.05) is 24.5 Å². The summed E-state index contributed by atoms with van der Waals surface area (Å²) in [7, 11) is 8.67. The van der Waals surface area contributed by atoms with E-state index in [1.54, 1.807) is 28.4 Å². The van der Waals surface area contributed by atoms with Gasteiger partial charge in [-0.05, 0) is 85.6 Å². The Morgan fingerprint density at radius 3 is 2.04 bits per heavy atom. The van der Waals surface area contributed by atoms with Crippen molar-refractivity contribution in [2.24, 2.45) is 5.92 Å². The molecule has 2 atom stereocenters. The molecule has 0 aliphatic carbocycles. The average Bonchev–Trinajstić information content (AvgIpc) is 3.16. The molecule has 0 saturated carbocycles. The number of ether oxygens (including phenoxy) is 5. The average molecular weight is 714 g/mol. The van der Waals surface area contributed by atoms with Crippen LogP contribution in [-0.2, 0) is 11.8 Å². The molecular weight excluding hydrogens is 654 g/mol. The van der Waals surface area contributed by atoms with Crippen molar-refractivity contribution in [3.05, 3.63) is 90.0 Å². The summed E-state index contributed by atoms with van der Waals surface area (Å²) in [4.78, 5) is 2.31. The Balaban J connectivity index is 0.000000323. The maximum absolute atomic E-state index is 10.2. The van der Waals surface area contributed by atoms with Crippen LogP contribution in [0.4, 0.5) is 0 Å². The topological polar surface area (TPSA) is 105 Å². The van der Waals surface area contributed by atoms with Gasteiger partial charge in [-0.3, -0.25) is 0 Å². The van der Waals surface area contributed by atoms with E-state index in [4.69, 9.17) is 23.7 Å². The van der Waals surface area contributed by atoms with Gasteiger partial charge in [0.1, 0.15) is 18.5 Å². The third-order valence-corrected chi connectivity index (χ3v) is 9.37. The third kappa shape index (κ3) is 11.8. The van der Waals surface area contributed by atoms with Crippen LogP contribution in [0.5, 0.6) is 28.7 Å². The number of methoxy groups -OCH3 is 4. The molecule has 0 heterocycles. The molecule has 4 aromatic carbocycles. The summed E-state index contributed by atoms with van der Waals surface area (Å²) in [6.07, 6.45) is 2.11. The molecule has 0 saturated heterocycles. The van der Waals surface area contributed by atoms with Crippen molar-refractivity contribution in [2.45, 2.75) is 64.5 Å². The first-order valence-corrected chi connectivity index (χ1v) is 18.1. The Hall–Kier alpha value is -4.49. The van der Waals surface area contributed by atoms with Gasteiger partial charge in [0.2, 0.25) is 0 Å². The van der Waals surface area contributed by atoms with Crippen LogP contribution >= 0.6 is 0 Å². The van der Waals surface area contributed by atoms with Crippen LogP contribution in [0.1, 0.15) is 51.7 Å². The number of fused-ring (bicyclic) bond motifs is 1. The first-order valence-electron chi connectivity index (χ1n) is 18.1. The van der Waals surface area contributed by atoms with Crippen LogP contribution in [0.15, 0.2) is 78.9 Å². The fraction of sp³-hybridized carbons (Fsp3) is 0.465. The highest BCUT2D eigenvalue weighted by molar-refractivity contribution is 5.88. The van der Waals surface area contributed by atoms with Crippen molar-refractivity contribution < 1.29 is 28.8 Å². The van der Waals surface area contributed by atoms with E-state index in [1.807, 2.05) is 60.7 Å². The lowest BCUT2D eigenvalue weighted by Crippen LogP contribution is -2.35.